The largest absolute Gasteiger partial charge is 0.484 e. The Bertz CT molecular complexity index is 994. The van der Waals surface area contributed by atoms with Crippen LogP contribution in [0.25, 0.3) is 0 Å². The maximum Gasteiger partial charge on any atom is 0.416 e. The van der Waals surface area contributed by atoms with Gasteiger partial charge in [0.1, 0.15) is 11.5 Å². The molecule has 0 heterocycles. The van der Waals surface area contributed by atoms with Crippen LogP contribution < -0.4 is 14.8 Å². The van der Waals surface area contributed by atoms with E-state index in [1.165, 1.54) is 18.2 Å². The minimum atomic E-state index is -4.49. The lowest BCUT2D eigenvalue weighted by molar-refractivity contribution is -0.137. The molecule has 4 nitrogen and oxygen atoms in total. The minimum Gasteiger partial charge on any atom is -0.484 e. The number of carbonyl (C=O) groups is 1. The van der Waals surface area contributed by atoms with E-state index in [1.807, 2.05) is 6.07 Å². The number of halogens is 4. The zero-order chi connectivity index (χ0) is 20.9. The van der Waals surface area contributed by atoms with Crippen LogP contribution in [0.5, 0.6) is 17.2 Å². The number of hydrogen-bond acceptors (Lipinski definition) is 3. The van der Waals surface area contributed by atoms with Crippen LogP contribution in [-0.2, 0) is 11.0 Å². The summed E-state index contributed by atoms with van der Waals surface area (Å²) in [5, 5.41) is 2.97. The molecule has 0 unspecified atom stereocenters. The van der Waals surface area contributed by atoms with Gasteiger partial charge in [-0.3, -0.25) is 4.79 Å². The van der Waals surface area contributed by atoms with Crippen LogP contribution in [0.1, 0.15) is 5.56 Å². The predicted octanol–water partition coefficient (Wildman–Crippen LogP) is 6.17. The molecule has 0 aliphatic rings. The van der Waals surface area contributed by atoms with E-state index in [1.54, 1.807) is 36.4 Å². The Morgan fingerprint density at radius 1 is 0.931 bits per heavy atom. The Labute approximate surface area is 169 Å². The number of ether oxygens (including phenoxy) is 2. The van der Waals surface area contributed by atoms with E-state index >= 15 is 0 Å². The maximum absolute atomic E-state index is 12.8. The summed E-state index contributed by atoms with van der Waals surface area (Å²) < 4.78 is 49.2. The zero-order valence-corrected chi connectivity index (χ0v) is 15.6. The normalized spacial score (nSPS) is 11.0. The van der Waals surface area contributed by atoms with Gasteiger partial charge in [-0.2, -0.15) is 13.2 Å². The van der Waals surface area contributed by atoms with Crippen LogP contribution in [0.4, 0.5) is 18.9 Å². The van der Waals surface area contributed by atoms with Gasteiger partial charge in [-0.15, -0.1) is 0 Å². The van der Waals surface area contributed by atoms with Gasteiger partial charge in [0.2, 0.25) is 0 Å². The van der Waals surface area contributed by atoms with Crippen molar-refractivity contribution in [3.05, 3.63) is 83.4 Å². The van der Waals surface area contributed by atoms with Crippen molar-refractivity contribution in [2.45, 2.75) is 6.18 Å². The molecular formula is C21H15ClF3NO3. The van der Waals surface area contributed by atoms with Crippen LogP contribution in [0, 0.1) is 0 Å². The Hall–Kier alpha value is -3.19. The van der Waals surface area contributed by atoms with E-state index in [0.717, 1.165) is 12.1 Å². The first-order valence-corrected chi connectivity index (χ1v) is 8.81. The molecule has 0 aliphatic carbocycles. The number of amides is 1. The standard InChI is InChI=1S/C21H15ClF3NO3/c22-15-9-10-19(29-16-6-2-1-3-7-16)18(12-15)26-20(27)13-28-17-8-4-5-14(11-17)21(23,24)25/h1-12H,13H2,(H,26,27). The third-order valence-electron chi connectivity index (χ3n) is 3.72. The summed E-state index contributed by atoms with van der Waals surface area (Å²) in [6.07, 6.45) is -4.49. The van der Waals surface area contributed by atoms with Gasteiger partial charge < -0.3 is 14.8 Å². The summed E-state index contributed by atoms with van der Waals surface area (Å²) in [6, 6.07) is 17.9. The molecule has 0 aliphatic heterocycles. The van der Waals surface area contributed by atoms with Crippen molar-refractivity contribution in [2.24, 2.45) is 0 Å². The topological polar surface area (TPSA) is 47.6 Å². The molecule has 0 bridgehead atoms. The summed E-state index contributed by atoms with van der Waals surface area (Å²) in [4.78, 5) is 12.2. The number of para-hydroxylation sites is 1. The number of benzene rings is 3. The van der Waals surface area contributed by atoms with Crippen molar-refractivity contribution < 1.29 is 27.4 Å². The molecule has 1 amide bonds. The van der Waals surface area contributed by atoms with E-state index in [-0.39, 0.29) is 5.75 Å². The van der Waals surface area contributed by atoms with Crippen LogP contribution >= 0.6 is 11.6 Å². The molecule has 0 aromatic heterocycles. The summed E-state index contributed by atoms with van der Waals surface area (Å²) in [6.45, 7) is -0.487. The fraction of sp³-hybridized carbons (Fsp3) is 0.0952. The minimum absolute atomic E-state index is 0.0678. The van der Waals surface area contributed by atoms with Crippen LogP contribution in [0.3, 0.4) is 0 Å². The highest BCUT2D eigenvalue weighted by molar-refractivity contribution is 6.31. The molecule has 0 saturated heterocycles. The van der Waals surface area contributed by atoms with Crippen molar-refractivity contribution in [3.63, 3.8) is 0 Å². The van der Waals surface area contributed by atoms with Gasteiger partial charge in [0.25, 0.3) is 5.91 Å². The molecule has 8 heteroatoms. The van der Waals surface area contributed by atoms with Crippen molar-refractivity contribution in [2.75, 3.05) is 11.9 Å². The third kappa shape index (κ3) is 5.89. The first-order valence-electron chi connectivity index (χ1n) is 8.43. The molecule has 0 saturated carbocycles. The van der Waals surface area contributed by atoms with Crippen LogP contribution in [0.15, 0.2) is 72.8 Å². The lowest BCUT2D eigenvalue weighted by atomic mass is 10.2. The molecule has 0 fully saturated rings. The Morgan fingerprint density at radius 3 is 2.38 bits per heavy atom. The number of hydrogen-bond donors (Lipinski definition) is 1. The number of anilines is 1. The second-order valence-corrected chi connectivity index (χ2v) is 6.35. The van der Waals surface area contributed by atoms with Crippen molar-refractivity contribution >= 4 is 23.2 Å². The molecule has 0 radical (unpaired) electrons. The van der Waals surface area contributed by atoms with Gasteiger partial charge in [0.15, 0.2) is 12.4 Å². The zero-order valence-electron chi connectivity index (χ0n) is 14.9. The average Bonchev–Trinajstić information content (AvgIpc) is 2.69. The van der Waals surface area contributed by atoms with E-state index in [2.05, 4.69) is 5.32 Å². The third-order valence-corrected chi connectivity index (χ3v) is 3.95. The smallest absolute Gasteiger partial charge is 0.416 e. The first kappa shape index (κ1) is 20.5. The van der Waals surface area contributed by atoms with Crippen LogP contribution in [0.2, 0.25) is 5.02 Å². The van der Waals surface area contributed by atoms with Crippen molar-refractivity contribution in [1.29, 1.82) is 0 Å². The van der Waals surface area contributed by atoms with Crippen molar-refractivity contribution in [3.8, 4) is 17.2 Å². The van der Waals surface area contributed by atoms with E-state index in [4.69, 9.17) is 21.1 Å². The fourth-order valence-corrected chi connectivity index (χ4v) is 2.57. The molecule has 1 N–H and O–H groups in total. The fourth-order valence-electron chi connectivity index (χ4n) is 2.40. The van der Waals surface area contributed by atoms with E-state index in [0.29, 0.717) is 22.2 Å². The molecule has 29 heavy (non-hydrogen) atoms. The Kier molecular flexibility index (Phi) is 6.29. The quantitative estimate of drug-likeness (QED) is 0.518. The molecule has 150 valence electrons. The SMILES string of the molecule is O=C(COc1cccc(C(F)(F)F)c1)Nc1cc(Cl)ccc1Oc1ccccc1. The number of rotatable bonds is 6. The molecule has 0 spiro atoms. The first-order chi connectivity index (χ1) is 13.8. The molecular weight excluding hydrogens is 407 g/mol. The summed E-state index contributed by atoms with van der Waals surface area (Å²) >= 11 is 5.99. The van der Waals surface area contributed by atoms with Gasteiger partial charge in [0, 0.05) is 5.02 Å². The monoisotopic (exact) mass is 421 g/mol. The van der Waals surface area contributed by atoms with Gasteiger partial charge in [-0.1, -0.05) is 35.9 Å². The average molecular weight is 422 g/mol. The highest BCUT2D eigenvalue weighted by Crippen LogP contribution is 2.33. The maximum atomic E-state index is 12.8. The molecule has 3 rings (SSSR count). The predicted molar refractivity (Wildman–Crippen MR) is 104 cm³/mol. The number of carbonyl (C=O) groups excluding carboxylic acids is 1. The van der Waals surface area contributed by atoms with Gasteiger partial charge in [-0.05, 0) is 48.5 Å². The Balaban J connectivity index is 1.67. The molecule has 3 aromatic rings. The highest BCUT2D eigenvalue weighted by Gasteiger charge is 2.30. The van der Waals surface area contributed by atoms with E-state index in [9.17, 15) is 18.0 Å². The number of alkyl halides is 3. The van der Waals surface area contributed by atoms with E-state index < -0.39 is 24.3 Å². The Morgan fingerprint density at radius 2 is 1.66 bits per heavy atom. The number of nitrogens with one attached hydrogen (secondary N) is 1. The van der Waals surface area contributed by atoms with Gasteiger partial charge in [-0.25, -0.2) is 0 Å². The van der Waals surface area contributed by atoms with Crippen molar-refractivity contribution in [1.82, 2.24) is 0 Å². The summed E-state index contributed by atoms with van der Waals surface area (Å²) in [7, 11) is 0. The lowest BCUT2D eigenvalue weighted by Crippen LogP contribution is -2.20. The summed E-state index contributed by atoms with van der Waals surface area (Å²) in [5.74, 6) is 0.267. The summed E-state index contributed by atoms with van der Waals surface area (Å²) in [5.41, 5.74) is -0.553. The van der Waals surface area contributed by atoms with Crippen LogP contribution in [-0.4, -0.2) is 12.5 Å². The van der Waals surface area contributed by atoms with Gasteiger partial charge in [0.05, 0.1) is 11.3 Å². The molecule has 3 aromatic carbocycles. The second-order valence-electron chi connectivity index (χ2n) is 5.92. The highest BCUT2D eigenvalue weighted by atomic mass is 35.5. The molecule has 0 atom stereocenters. The second kappa shape index (κ2) is 8.87. The lowest BCUT2D eigenvalue weighted by Gasteiger charge is -2.14. The van der Waals surface area contributed by atoms with Gasteiger partial charge >= 0.3 is 6.18 Å².